The van der Waals surface area contributed by atoms with Crippen molar-refractivity contribution >= 4 is 5.69 Å². The Bertz CT molecular complexity index is 583. The van der Waals surface area contributed by atoms with Gasteiger partial charge in [-0.15, -0.1) is 0 Å². The van der Waals surface area contributed by atoms with Crippen LogP contribution in [0.25, 0.3) is 0 Å². The SMILES string of the molecule is C[C@H](O)c1ccc(C#N)cc1N(C)Cc1ccoc1. The number of rotatable bonds is 4. The van der Waals surface area contributed by atoms with Gasteiger partial charge in [0.05, 0.1) is 30.3 Å². The Morgan fingerprint density at radius 2 is 2.21 bits per heavy atom. The molecule has 1 N–H and O–H groups in total. The largest absolute Gasteiger partial charge is 0.472 e. The summed E-state index contributed by atoms with van der Waals surface area (Å²) in [6.45, 7) is 2.38. The normalized spacial score (nSPS) is 11.9. The van der Waals surface area contributed by atoms with Crippen LogP contribution in [0.2, 0.25) is 0 Å². The number of furan rings is 1. The molecule has 0 aliphatic carbocycles. The second kappa shape index (κ2) is 5.59. The molecule has 0 unspecified atom stereocenters. The topological polar surface area (TPSA) is 60.4 Å². The molecule has 0 amide bonds. The van der Waals surface area contributed by atoms with Crippen molar-refractivity contribution in [1.82, 2.24) is 0 Å². The van der Waals surface area contributed by atoms with E-state index in [9.17, 15) is 5.11 Å². The van der Waals surface area contributed by atoms with Crippen molar-refractivity contribution in [1.29, 1.82) is 5.26 Å². The van der Waals surface area contributed by atoms with Crippen molar-refractivity contribution in [2.75, 3.05) is 11.9 Å². The standard InChI is InChI=1S/C15H16N2O2/c1-11(18)14-4-3-12(8-16)7-15(14)17(2)9-13-5-6-19-10-13/h3-7,10-11,18H,9H2,1-2H3/t11-/m0/s1. The number of anilines is 1. The van der Waals surface area contributed by atoms with Gasteiger partial charge in [-0.3, -0.25) is 0 Å². The van der Waals surface area contributed by atoms with Gasteiger partial charge in [-0.2, -0.15) is 5.26 Å². The van der Waals surface area contributed by atoms with E-state index in [4.69, 9.17) is 9.68 Å². The zero-order valence-corrected chi connectivity index (χ0v) is 11.0. The van der Waals surface area contributed by atoms with E-state index in [1.165, 1.54) is 0 Å². The molecule has 0 radical (unpaired) electrons. The third kappa shape index (κ3) is 2.95. The lowest BCUT2D eigenvalue weighted by Crippen LogP contribution is -2.18. The third-order valence-corrected chi connectivity index (χ3v) is 3.02. The van der Waals surface area contributed by atoms with Gasteiger partial charge in [-0.25, -0.2) is 0 Å². The summed E-state index contributed by atoms with van der Waals surface area (Å²) < 4.78 is 5.05. The van der Waals surface area contributed by atoms with E-state index in [1.54, 1.807) is 37.6 Å². The van der Waals surface area contributed by atoms with Crippen LogP contribution in [0.1, 0.15) is 29.7 Å². The van der Waals surface area contributed by atoms with Crippen LogP contribution in [0, 0.1) is 11.3 Å². The van der Waals surface area contributed by atoms with Gasteiger partial charge in [0.25, 0.3) is 0 Å². The molecule has 0 aliphatic rings. The van der Waals surface area contributed by atoms with Crippen LogP contribution in [-0.4, -0.2) is 12.2 Å². The summed E-state index contributed by atoms with van der Waals surface area (Å²) in [5, 5.41) is 18.8. The van der Waals surface area contributed by atoms with Crippen LogP contribution < -0.4 is 4.90 Å². The van der Waals surface area contributed by atoms with Gasteiger partial charge in [-0.05, 0) is 25.1 Å². The van der Waals surface area contributed by atoms with E-state index >= 15 is 0 Å². The highest BCUT2D eigenvalue weighted by Crippen LogP contribution is 2.28. The quantitative estimate of drug-likeness (QED) is 0.913. The Balaban J connectivity index is 2.33. The Morgan fingerprint density at radius 1 is 1.42 bits per heavy atom. The summed E-state index contributed by atoms with van der Waals surface area (Å²) in [5.41, 5.74) is 3.29. The summed E-state index contributed by atoms with van der Waals surface area (Å²) in [5.74, 6) is 0. The van der Waals surface area contributed by atoms with Crippen molar-refractivity contribution in [3.05, 3.63) is 53.5 Å². The average molecular weight is 256 g/mol. The predicted molar refractivity (Wildman–Crippen MR) is 72.6 cm³/mol. The molecule has 1 aromatic carbocycles. The molecule has 98 valence electrons. The highest BCUT2D eigenvalue weighted by Gasteiger charge is 2.13. The van der Waals surface area contributed by atoms with Crippen LogP contribution in [0.5, 0.6) is 0 Å². The summed E-state index contributed by atoms with van der Waals surface area (Å²) >= 11 is 0. The van der Waals surface area contributed by atoms with Crippen molar-refractivity contribution in [3.8, 4) is 6.07 Å². The highest BCUT2D eigenvalue weighted by molar-refractivity contribution is 5.58. The van der Waals surface area contributed by atoms with Crippen LogP contribution >= 0.6 is 0 Å². The zero-order chi connectivity index (χ0) is 13.8. The van der Waals surface area contributed by atoms with Crippen LogP contribution in [0.15, 0.2) is 41.2 Å². The van der Waals surface area contributed by atoms with Gasteiger partial charge in [-0.1, -0.05) is 6.07 Å². The Kier molecular flexibility index (Phi) is 3.88. The van der Waals surface area contributed by atoms with Gasteiger partial charge in [0.2, 0.25) is 0 Å². The van der Waals surface area contributed by atoms with E-state index in [-0.39, 0.29) is 0 Å². The number of nitriles is 1. The maximum Gasteiger partial charge on any atom is 0.0992 e. The molecule has 1 heterocycles. The van der Waals surface area contributed by atoms with E-state index < -0.39 is 6.10 Å². The number of aliphatic hydroxyl groups excluding tert-OH is 1. The Hall–Kier alpha value is -2.25. The molecule has 0 fully saturated rings. The molecule has 0 spiro atoms. The van der Waals surface area contributed by atoms with Gasteiger partial charge >= 0.3 is 0 Å². The molecule has 2 aromatic rings. The van der Waals surface area contributed by atoms with E-state index in [2.05, 4.69) is 6.07 Å². The summed E-state index contributed by atoms with van der Waals surface area (Å²) in [6, 6.07) is 9.33. The van der Waals surface area contributed by atoms with E-state index in [0.29, 0.717) is 12.1 Å². The van der Waals surface area contributed by atoms with Crippen molar-refractivity contribution in [2.24, 2.45) is 0 Å². The molecule has 1 atom stereocenters. The predicted octanol–water partition coefficient (Wildman–Crippen LogP) is 2.84. The first-order valence-corrected chi connectivity index (χ1v) is 6.06. The number of aliphatic hydroxyl groups is 1. The van der Waals surface area contributed by atoms with Crippen molar-refractivity contribution < 1.29 is 9.52 Å². The van der Waals surface area contributed by atoms with Crippen LogP contribution in [0.4, 0.5) is 5.69 Å². The lowest BCUT2D eigenvalue weighted by atomic mass is 10.0. The molecule has 2 rings (SSSR count). The number of benzene rings is 1. The molecule has 1 aromatic heterocycles. The molecule has 0 saturated carbocycles. The van der Waals surface area contributed by atoms with E-state index in [0.717, 1.165) is 16.8 Å². The maximum absolute atomic E-state index is 9.82. The molecule has 4 nitrogen and oxygen atoms in total. The minimum Gasteiger partial charge on any atom is -0.472 e. The second-order valence-electron chi connectivity index (χ2n) is 4.55. The molecule has 0 aliphatic heterocycles. The zero-order valence-electron chi connectivity index (χ0n) is 11.0. The fourth-order valence-electron chi connectivity index (χ4n) is 2.04. The second-order valence-corrected chi connectivity index (χ2v) is 4.55. The van der Waals surface area contributed by atoms with Crippen LogP contribution in [-0.2, 0) is 6.54 Å². The number of hydrogen-bond donors (Lipinski definition) is 1. The van der Waals surface area contributed by atoms with Gasteiger partial charge < -0.3 is 14.4 Å². The molecule has 0 bridgehead atoms. The van der Waals surface area contributed by atoms with Gasteiger partial charge in [0, 0.05) is 30.4 Å². The first-order valence-electron chi connectivity index (χ1n) is 6.06. The number of nitrogens with zero attached hydrogens (tertiary/aromatic N) is 2. The monoisotopic (exact) mass is 256 g/mol. The minimum atomic E-state index is -0.574. The lowest BCUT2D eigenvalue weighted by Gasteiger charge is -2.23. The summed E-state index contributed by atoms with van der Waals surface area (Å²) in [7, 11) is 1.93. The fraction of sp³-hybridized carbons (Fsp3) is 0.267. The smallest absolute Gasteiger partial charge is 0.0992 e. The van der Waals surface area contributed by atoms with Gasteiger partial charge in [0.1, 0.15) is 0 Å². The summed E-state index contributed by atoms with van der Waals surface area (Å²) in [6.07, 6.45) is 2.74. The van der Waals surface area contributed by atoms with Crippen molar-refractivity contribution in [3.63, 3.8) is 0 Å². The van der Waals surface area contributed by atoms with Crippen LogP contribution in [0.3, 0.4) is 0 Å². The first kappa shape index (κ1) is 13.2. The Morgan fingerprint density at radius 3 is 2.79 bits per heavy atom. The van der Waals surface area contributed by atoms with Crippen molar-refractivity contribution in [2.45, 2.75) is 19.6 Å². The summed E-state index contributed by atoms with van der Waals surface area (Å²) in [4.78, 5) is 1.99. The molecule has 4 heteroatoms. The first-order chi connectivity index (χ1) is 9.11. The molecule has 0 saturated heterocycles. The fourth-order valence-corrected chi connectivity index (χ4v) is 2.04. The molecular formula is C15H16N2O2. The lowest BCUT2D eigenvalue weighted by molar-refractivity contribution is 0.199. The van der Waals surface area contributed by atoms with Gasteiger partial charge in [0.15, 0.2) is 0 Å². The molecular weight excluding hydrogens is 240 g/mol. The Labute approximate surface area is 112 Å². The minimum absolute atomic E-state index is 0.574. The highest BCUT2D eigenvalue weighted by atomic mass is 16.3. The molecule has 19 heavy (non-hydrogen) atoms. The maximum atomic E-state index is 9.82. The number of hydrogen-bond acceptors (Lipinski definition) is 4. The average Bonchev–Trinajstić information content (AvgIpc) is 2.90. The third-order valence-electron chi connectivity index (χ3n) is 3.02. The van der Waals surface area contributed by atoms with E-state index in [1.807, 2.05) is 18.0 Å².